The number of alkyl halides is 3. The van der Waals surface area contributed by atoms with Gasteiger partial charge in [0.2, 0.25) is 0 Å². The summed E-state index contributed by atoms with van der Waals surface area (Å²) < 4.78 is 34.6. The molecule has 1 heterocycles. The number of halogens is 3. The van der Waals surface area contributed by atoms with Crippen molar-refractivity contribution in [3.8, 4) is 11.2 Å². The predicted octanol–water partition coefficient (Wildman–Crippen LogP) is 3.31. The first-order valence-electron chi connectivity index (χ1n) is 2.86. The first kappa shape index (κ1) is 9.49. The molecule has 5 heteroatoms. The molecule has 64 valence electrons. The van der Waals surface area contributed by atoms with Gasteiger partial charge in [-0.05, 0) is 16.7 Å². The van der Waals surface area contributed by atoms with Gasteiger partial charge in [-0.3, -0.25) is 0 Å². The monoisotopic (exact) mass is 208 g/mol. The Bertz CT molecular complexity index is 289. The van der Waals surface area contributed by atoms with Crippen LogP contribution < -0.4 is 0 Å². The van der Waals surface area contributed by atoms with E-state index in [4.69, 9.17) is 0 Å². The summed E-state index contributed by atoms with van der Waals surface area (Å²) in [6, 6.07) is 1.68. The second-order valence-corrected chi connectivity index (χ2v) is 3.44. The Hall–Kier alpha value is -0.600. The Morgan fingerprint density at radius 3 is 2.67 bits per heavy atom. The molecule has 0 aliphatic heterocycles. The molecule has 0 bridgehead atoms. The molecule has 0 N–H and O–H groups in total. The van der Waals surface area contributed by atoms with Crippen LogP contribution in [-0.4, -0.2) is 5.51 Å². The van der Waals surface area contributed by atoms with E-state index in [-0.39, 0.29) is 11.8 Å². The topological polar surface area (TPSA) is 0 Å². The van der Waals surface area contributed by atoms with Crippen molar-refractivity contribution in [2.24, 2.45) is 0 Å². The summed E-state index contributed by atoms with van der Waals surface area (Å²) in [4.78, 5) is 0. The lowest BCUT2D eigenvalue weighted by Gasteiger charge is -1.95. The van der Waals surface area contributed by atoms with E-state index in [1.165, 1.54) is 11.3 Å². The average Bonchev–Trinajstić information content (AvgIpc) is 2.36. The van der Waals surface area contributed by atoms with Crippen LogP contribution in [0.25, 0.3) is 0 Å². The van der Waals surface area contributed by atoms with Gasteiger partial charge < -0.3 is 0 Å². The Balaban J connectivity index is 2.51. The largest absolute Gasteiger partial charge is 0.453 e. The van der Waals surface area contributed by atoms with Crippen molar-refractivity contribution in [3.05, 3.63) is 22.4 Å². The molecule has 1 aromatic rings. The zero-order chi connectivity index (χ0) is 9.03. The fourth-order valence-electron chi connectivity index (χ4n) is 0.478. The van der Waals surface area contributed by atoms with Gasteiger partial charge in [-0.1, -0.05) is 5.92 Å². The van der Waals surface area contributed by atoms with E-state index < -0.39 is 5.51 Å². The highest BCUT2D eigenvalue weighted by atomic mass is 32.2. The lowest BCUT2D eigenvalue weighted by atomic mass is 10.4. The summed E-state index contributed by atoms with van der Waals surface area (Å²) in [6.45, 7) is 0. The Kier molecular flexibility index (Phi) is 3.06. The predicted molar refractivity (Wildman–Crippen MR) is 44.8 cm³/mol. The van der Waals surface area contributed by atoms with Gasteiger partial charge in [0.25, 0.3) is 0 Å². The van der Waals surface area contributed by atoms with Gasteiger partial charge in [-0.2, -0.15) is 24.5 Å². The quantitative estimate of drug-likeness (QED) is 0.589. The van der Waals surface area contributed by atoms with E-state index in [2.05, 4.69) is 5.92 Å². The third kappa shape index (κ3) is 3.69. The first-order chi connectivity index (χ1) is 5.58. The molecule has 0 spiro atoms. The lowest BCUT2D eigenvalue weighted by Crippen LogP contribution is -1.96. The molecule has 0 saturated heterocycles. The van der Waals surface area contributed by atoms with Crippen molar-refractivity contribution in [1.29, 1.82) is 0 Å². The highest BCUT2D eigenvalue weighted by molar-refractivity contribution is 8.04. The minimum absolute atomic E-state index is 0.325. The number of thiophene rings is 1. The number of thioether (sulfide) groups is 1. The molecular formula is C7H3F3S2. The van der Waals surface area contributed by atoms with Crippen LogP contribution in [0.1, 0.15) is 5.56 Å². The Morgan fingerprint density at radius 1 is 1.42 bits per heavy atom. The van der Waals surface area contributed by atoms with Crippen LogP contribution in [0.3, 0.4) is 0 Å². The maximum atomic E-state index is 11.5. The van der Waals surface area contributed by atoms with E-state index >= 15 is 0 Å². The third-order valence-electron chi connectivity index (χ3n) is 0.883. The van der Waals surface area contributed by atoms with Crippen molar-refractivity contribution in [2.75, 3.05) is 0 Å². The molecule has 0 aliphatic rings. The van der Waals surface area contributed by atoms with Gasteiger partial charge >= 0.3 is 5.51 Å². The zero-order valence-corrected chi connectivity index (χ0v) is 7.32. The summed E-state index contributed by atoms with van der Waals surface area (Å²) in [6.07, 6.45) is 0. The Morgan fingerprint density at radius 2 is 2.17 bits per heavy atom. The van der Waals surface area contributed by atoms with Crippen molar-refractivity contribution in [1.82, 2.24) is 0 Å². The molecule has 12 heavy (non-hydrogen) atoms. The van der Waals surface area contributed by atoms with Crippen molar-refractivity contribution in [3.63, 3.8) is 0 Å². The number of hydrogen-bond donors (Lipinski definition) is 0. The van der Waals surface area contributed by atoms with Crippen LogP contribution in [0, 0.1) is 11.2 Å². The fraction of sp³-hybridized carbons (Fsp3) is 0.143. The first-order valence-corrected chi connectivity index (χ1v) is 4.62. The molecule has 0 aromatic carbocycles. The van der Waals surface area contributed by atoms with Gasteiger partial charge in [0, 0.05) is 22.7 Å². The maximum Gasteiger partial charge on any atom is 0.453 e. The minimum Gasteiger partial charge on any atom is -0.160 e. The van der Waals surface area contributed by atoms with Gasteiger partial charge in [-0.15, -0.1) is 0 Å². The van der Waals surface area contributed by atoms with Crippen LogP contribution in [0.15, 0.2) is 16.8 Å². The molecule has 1 rings (SSSR count). The van der Waals surface area contributed by atoms with Gasteiger partial charge in [0.15, 0.2) is 0 Å². The van der Waals surface area contributed by atoms with Crippen LogP contribution in [0.4, 0.5) is 13.2 Å². The molecule has 0 aliphatic carbocycles. The van der Waals surface area contributed by atoms with Gasteiger partial charge in [0.1, 0.15) is 0 Å². The average molecular weight is 208 g/mol. The molecule has 0 atom stereocenters. The highest BCUT2D eigenvalue weighted by Crippen LogP contribution is 2.28. The highest BCUT2D eigenvalue weighted by Gasteiger charge is 2.27. The second kappa shape index (κ2) is 3.87. The van der Waals surface area contributed by atoms with E-state index in [1.54, 1.807) is 16.8 Å². The normalized spacial score (nSPS) is 10.6. The van der Waals surface area contributed by atoms with Crippen LogP contribution in [0.2, 0.25) is 0 Å². The minimum atomic E-state index is -4.26. The summed E-state index contributed by atoms with van der Waals surface area (Å²) in [5, 5.41) is 5.44. The summed E-state index contributed by atoms with van der Waals surface area (Å²) in [5.41, 5.74) is -3.64. The van der Waals surface area contributed by atoms with Gasteiger partial charge in [-0.25, -0.2) is 0 Å². The summed E-state index contributed by atoms with van der Waals surface area (Å²) in [5.74, 6) is 2.38. The molecule has 0 saturated carbocycles. The molecule has 0 unspecified atom stereocenters. The zero-order valence-electron chi connectivity index (χ0n) is 5.68. The summed E-state index contributed by atoms with van der Waals surface area (Å²) >= 11 is 1.08. The Labute approximate surface area is 75.8 Å². The molecule has 0 amide bonds. The fourth-order valence-corrected chi connectivity index (χ4v) is 1.35. The van der Waals surface area contributed by atoms with Crippen molar-refractivity contribution < 1.29 is 13.2 Å². The lowest BCUT2D eigenvalue weighted by molar-refractivity contribution is -0.0318. The van der Waals surface area contributed by atoms with Crippen molar-refractivity contribution >= 4 is 23.1 Å². The van der Waals surface area contributed by atoms with E-state index in [0.29, 0.717) is 5.56 Å². The smallest absolute Gasteiger partial charge is 0.160 e. The second-order valence-electron chi connectivity index (χ2n) is 1.79. The van der Waals surface area contributed by atoms with E-state index in [0.717, 1.165) is 0 Å². The molecule has 0 nitrogen and oxygen atoms in total. The number of rotatable bonds is 0. The van der Waals surface area contributed by atoms with Gasteiger partial charge in [0.05, 0.1) is 0 Å². The summed E-state index contributed by atoms with van der Waals surface area (Å²) in [7, 11) is 0. The maximum absolute atomic E-state index is 11.5. The molecule has 0 radical (unpaired) electrons. The molecule has 0 fully saturated rings. The van der Waals surface area contributed by atoms with Crippen LogP contribution in [-0.2, 0) is 0 Å². The molecular weight excluding hydrogens is 205 g/mol. The van der Waals surface area contributed by atoms with E-state index in [9.17, 15) is 13.2 Å². The van der Waals surface area contributed by atoms with E-state index in [1.807, 2.05) is 5.25 Å². The third-order valence-corrected chi connectivity index (χ3v) is 2.00. The van der Waals surface area contributed by atoms with Crippen LogP contribution >= 0.6 is 23.1 Å². The van der Waals surface area contributed by atoms with Crippen LogP contribution in [0.5, 0.6) is 0 Å². The standard InChI is InChI=1S/C7H3F3S2/c8-7(9,10)12-4-2-6-1-3-11-5-6/h1,3,5H. The van der Waals surface area contributed by atoms with Crippen molar-refractivity contribution in [2.45, 2.75) is 5.51 Å². The molecule has 1 aromatic heterocycles. The number of hydrogen-bond acceptors (Lipinski definition) is 2. The SMILES string of the molecule is FC(F)(F)SC#Cc1ccsc1.